The van der Waals surface area contributed by atoms with Crippen molar-refractivity contribution in [2.45, 2.75) is 58.3 Å². The van der Waals surface area contributed by atoms with E-state index in [4.69, 9.17) is 34.6 Å². The maximum atomic E-state index is 9.13. The van der Waals surface area contributed by atoms with E-state index in [9.17, 15) is 0 Å². The molecule has 0 saturated carbocycles. The fourth-order valence-electron chi connectivity index (χ4n) is 1.10. The molecule has 0 aromatic heterocycles. The summed E-state index contributed by atoms with van der Waals surface area (Å²) in [4.78, 5) is 0. The van der Waals surface area contributed by atoms with Crippen molar-refractivity contribution in [1.29, 1.82) is 0 Å². The molecule has 1 heterocycles. The number of aliphatic hydroxyl groups is 4. The Morgan fingerprint density at radius 3 is 1.48 bits per heavy atom. The molecule has 7 heteroatoms. The zero-order valence-corrected chi connectivity index (χ0v) is 14.8. The Bertz CT molecular complexity index is 197. The quantitative estimate of drug-likeness (QED) is 0.317. The van der Waals surface area contributed by atoms with Crippen molar-refractivity contribution in [3.63, 3.8) is 0 Å². The topological polar surface area (TPSA) is 112 Å². The summed E-state index contributed by atoms with van der Waals surface area (Å²) in [7, 11) is 0. The Hall–Kier alpha value is -0.280. The lowest BCUT2D eigenvalue weighted by atomic mass is 10.3. The number of ether oxygens (including phenoxy) is 3. The summed E-state index contributed by atoms with van der Waals surface area (Å²) < 4.78 is 15.1. The third-order valence-corrected chi connectivity index (χ3v) is 2.89. The molecule has 1 aliphatic rings. The molecule has 0 spiro atoms. The molecule has 1 rings (SSSR count). The van der Waals surface area contributed by atoms with Gasteiger partial charge in [-0.2, -0.15) is 0 Å². The van der Waals surface area contributed by atoms with Gasteiger partial charge in [-0.25, -0.2) is 0 Å². The van der Waals surface area contributed by atoms with E-state index in [1.54, 1.807) is 0 Å². The Morgan fingerprint density at radius 1 is 0.913 bits per heavy atom. The van der Waals surface area contributed by atoms with Crippen LogP contribution in [0.3, 0.4) is 0 Å². The molecule has 4 N–H and O–H groups in total. The highest BCUT2D eigenvalue weighted by Gasteiger charge is 2.18. The molecule has 0 aromatic rings. The maximum absolute atomic E-state index is 9.13. The van der Waals surface area contributed by atoms with E-state index < -0.39 is 0 Å². The van der Waals surface area contributed by atoms with Crippen molar-refractivity contribution in [2.24, 2.45) is 0 Å². The molecule has 1 aliphatic heterocycles. The van der Waals surface area contributed by atoms with E-state index in [0.717, 1.165) is 6.61 Å². The van der Waals surface area contributed by atoms with Gasteiger partial charge in [0.25, 0.3) is 0 Å². The van der Waals surface area contributed by atoms with Crippen LogP contribution >= 0.6 is 0 Å². The standard InChI is InChI=1S/C10H22O4.C4H8O.C2H6O2/c1-3-9(11)7-13-5-6-14-8-10(12)4-2;1-2-4-3-5-4;3-1-2-4/h9-12H,3-8H2,1-2H3;4H,2-3H2,1H3;3-4H,1-2H2. The molecule has 3 atom stereocenters. The average Bonchev–Trinajstić information content (AvgIpc) is 3.42. The van der Waals surface area contributed by atoms with Gasteiger partial charge in [0.2, 0.25) is 0 Å². The van der Waals surface area contributed by atoms with Gasteiger partial charge in [-0.1, -0.05) is 20.8 Å². The maximum Gasteiger partial charge on any atom is 0.0807 e. The minimum absolute atomic E-state index is 0.125. The van der Waals surface area contributed by atoms with Gasteiger partial charge in [-0.05, 0) is 19.3 Å². The fourth-order valence-corrected chi connectivity index (χ4v) is 1.10. The van der Waals surface area contributed by atoms with E-state index >= 15 is 0 Å². The van der Waals surface area contributed by atoms with Crippen LogP contribution in [0, 0.1) is 0 Å². The van der Waals surface area contributed by atoms with Gasteiger partial charge < -0.3 is 34.6 Å². The molecule has 0 radical (unpaired) electrons. The van der Waals surface area contributed by atoms with Gasteiger partial charge in [0.05, 0.1) is 64.6 Å². The van der Waals surface area contributed by atoms with Crippen LogP contribution in [-0.2, 0) is 14.2 Å². The highest BCUT2D eigenvalue weighted by Crippen LogP contribution is 2.10. The number of rotatable bonds is 11. The molecular weight excluding hydrogens is 304 g/mol. The van der Waals surface area contributed by atoms with Crippen LogP contribution in [0.25, 0.3) is 0 Å². The third kappa shape index (κ3) is 24.1. The minimum Gasteiger partial charge on any atom is -0.394 e. The van der Waals surface area contributed by atoms with Gasteiger partial charge in [0, 0.05) is 0 Å². The summed E-state index contributed by atoms with van der Waals surface area (Å²) >= 11 is 0. The molecule has 0 amide bonds. The molecule has 142 valence electrons. The Labute approximate surface area is 140 Å². The summed E-state index contributed by atoms with van der Waals surface area (Å²) in [6, 6.07) is 0. The van der Waals surface area contributed by atoms with Crippen molar-refractivity contribution >= 4 is 0 Å². The van der Waals surface area contributed by atoms with Crippen molar-refractivity contribution in [2.75, 3.05) is 46.2 Å². The van der Waals surface area contributed by atoms with Gasteiger partial charge in [-0.3, -0.25) is 0 Å². The molecule has 23 heavy (non-hydrogen) atoms. The first-order valence-electron chi connectivity index (χ1n) is 8.40. The molecule has 0 aliphatic carbocycles. The first kappa shape index (κ1) is 25.0. The largest absolute Gasteiger partial charge is 0.394 e. The van der Waals surface area contributed by atoms with Crippen molar-refractivity contribution in [3.8, 4) is 0 Å². The van der Waals surface area contributed by atoms with Crippen molar-refractivity contribution in [3.05, 3.63) is 0 Å². The first-order valence-corrected chi connectivity index (χ1v) is 8.40. The molecule has 7 nitrogen and oxygen atoms in total. The summed E-state index contributed by atoms with van der Waals surface area (Å²) in [6.07, 6.45) is 2.48. The van der Waals surface area contributed by atoms with Crippen LogP contribution in [0.2, 0.25) is 0 Å². The van der Waals surface area contributed by atoms with Crippen LogP contribution in [0.5, 0.6) is 0 Å². The molecular formula is C16H36O7. The van der Waals surface area contributed by atoms with Crippen LogP contribution < -0.4 is 0 Å². The lowest BCUT2D eigenvalue weighted by Gasteiger charge is -2.10. The van der Waals surface area contributed by atoms with E-state index in [-0.39, 0.29) is 25.4 Å². The second-order valence-electron chi connectivity index (χ2n) is 5.08. The van der Waals surface area contributed by atoms with E-state index in [2.05, 4.69) is 6.92 Å². The summed E-state index contributed by atoms with van der Waals surface area (Å²) in [5, 5.41) is 33.5. The normalized spacial score (nSPS) is 18.1. The van der Waals surface area contributed by atoms with E-state index in [1.807, 2.05) is 13.8 Å². The summed E-state index contributed by atoms with van der Waals surface area (Å²) in [6.45, 7) is 8.35. The highest BCUT2D eigenvalue weighted by atomic mass is 16.6. The van der Waals surface area contributed by atoms with Crippen LogP contribution in [0.4, 0.5) is 0 Å². The fraction of sp³-hybridized carbons (Fsp3) is 1.00. The predicted octanol–water partition coefficient (Wildman–Crippen LogP) is 0.328. The van der Waals surface area contributed by atoms with Gasteiger partial charge in [0.1, 0.15) is 0 Å². The molecule has 1 saturated heterocycles. The third-order valence-electron chi connectivity index (χ3n) is 2.89. The number of epoxide rings is 1. The SMILES string of the molecule is CCC(O)COCCOCC(O)CC.CCC1CO1.OCCO. The second kappa shape index (κ2) is 19.8. The zero-order chi connectivity index (χ0) is 17.9. The van der Waals surface area contributed by atoms with Gasteiger partial charge >= 0.3 is 0 Å². The lowest BCUT2D eigenvalue weighted by Crippen LogP contribution is -2.19. The smallest absolute Gasteiger partial charge is 0.0807 e. The summed E-state index contributed by atoms with van der Waals surface area (Å²) in [5.41, 5.74) is 0. The average molecular weight is 340 g/mol. The molecule has 0 aromatic carbocycles. The Kier molecular flexibility index (Phi) is 21.5. The molecule has 3 unspecified atom stereocenters. The Balaban J connectivity index is 0. The number of hydrogen-bond donors (Lipinski definition) is 4. The van der Waals surface area contributed by atoms with Gasteiger partial charge in [-0.15, -0.1) is 0 Å². The molecule has 0 bridgehead atoms. The van der Waals surface area contributed by atoms with E-state index in [1.165, 1.54) is 6.42 Å². The second-order valence-corrected chi connectivity index (χ2v) is 5.08. The predicted molar refractivity (Wildman–Crippen MR) is 88.4 cm³/mol. The monoisotopic (exact) mass is 340 g/mol. The minimum atomic E-state index is -0.378. The van der Waals surface area contributed by atoms with Gasteiger partial charge in [0.15, 0.2) is 0 Å². The van der Waals surface area contributed by atoms with Crippen molar-refractivity contribution in [1.82, 2.24) is 0 Å². The highest BCUT2D eigenvalue weighted by molar-refractivity contribution is 4.64. The van der Waals surface area contributed by atoms with Crippen LogP contribution in [-0.4, -0.2) is 85.0 Å². The zero-order valence-electron chi connectivity index (χ0n) is 14.8. The first-order chi connectivity index (χ1) is 11.0. The van der Waals surface area contributed by atoms with Crippen LogP contribution in [0.15, 0.2) is 0 Å². The summed E-state index contributed by atoms with van der Waals surface area (Å²) in [5.74, 6) is 0. The van der Waals surface area contributed by atoms with Crippen molar-refractivity contribution < 1.29 is 34.6 Å². The number of hydrogen-bond acceptors (Lipinski definition) is 7. The van der Waals surface area contributed by atoms with E-state index in [0.29, 0.717) is 45.4 Å². The number of aliphatic hydroxyl groups excluding tert-OH is 4. The Morgan fingerprint density at radius 2 is 1.30 bits per heavy atom. The van der Waals surface area contributed by atoms with Crippen LogP contribution in [0.1, 0.15) is 40.0 Å². The lowest BCUT2D eigenvalue weighted by molar-refractivity contribution is -0.0177. The molecule has 1 fully saturated rings.